The molecular weight excluding hydrogens is 272 g/mol. The van der Waals surface area contributed by atoms with Crippen LogP contribution in [0.25, 0.3) is 0 Å². The zero-order valence-electron chi connectivity index (χ0n) is 10.2. The average Bonchev–Trinajstić information content (AvgIpc) is 2.29. The van der Waals surface area contributed by atoms with Gasteiger partial charge < -0.3 is 0 Å². The Bertz CT molecular complexity index is 613. The molecule has 0 atom stereocenters. The predicted molar refractivity (Wildman–Crippen MR) is 70.0 cm³/mol. The maximum atomic E-state index is 12.3. The number of hydrogen-bond donors (Lipinski definition) is 0. The van der Waals surface area contributed by atoms with Crippen LogP contribution in [0, 0.1) is 6.92 Å². The van der Waals surface area contributed by atoms with E-state index < -0.39 is 24.9 Å². The molecule has 1 aromatic rings. The van der Waals surface area contributed by atoms with Crippen molar-refractivity contribution < 1.29 is 16.8 Å². The molecule has 0 radical (unpaired) electrons. The van der Waals surface area contributed by atoms with Gasteiger partial charge in [-0.1, -0.05) is 17.7 Å². The highest BCUT2D eigenvalue weighted by molar-refractivity contribution is 7.93. The minimum absolute atomic E-state index is 0.0250. The molecule has 100 valence electrons. The zero-order chi connectivity index (χ0) is 13.4. The number of hydrogen-bond acceptors (Lipinski definition) is 4. The Hall–Kier alpha value is -0.880. The van der Waals surface area contributed by atoms with E-state index in [9.17, 15) is 16.8 Å². The molecule has 1 aliphatic rings. The Labute approximate surface area is 108 Å². The van der Waals surface area contributed by atoms with Crippen molar-refractivity contribution in [3.05, 3.63) is 29.8 Å². The predicted octanol–water partition coefficient (Wildman–Crippen LogP) is 1.35. The van der Waals surface area contributed by atoms with E-state index in [4.69, 9.17) is 0 Å². The summed E-state index contributed by atoms with van der Waals surface area (Å²) >= 11 is 0. The number of aryl methyl sites for hydroxylation is 1. The number of benzene rings is 1. The standard InChI is InChI=1S/C12H16O4S2/c1-10-2-4-11(5-3-10)18(15,16)12-6-8-17(13,14)9-7-12/h2-5,12H,6-9H2,1H3. The van der Waals surface area contributed by atoms with Crippen LogP contribution < -0.4 is 0 Å². The minimum atomic E-state index is -3.39. The summed E-state index contributed by atoms with van der Waals surface area (Å²) in [4.78, 5) is 0.289. The molecule has 0 amide bonds. The Kier molecular flexibility index (Phi) is 3.51. The highest BCUT2D eigenvalue weighted by Gasteiger charge is 2.33. The second kappa shape index (κ2) is 4.66. The van der Waals surface area contributed by atoms with Crippen LogP contribution in [0.1, 0.15) is 18.4 Å². The lowest BCUT2D eigenvalue weighted by atomic mass is 10.2. The quantitative estimate of drug-likeness (QED) is 0.823. The van der Waals surface area contributed by atoms with Gasteiger partial charge >= 0.3 is 0 Å². The van der Waals surface area contributed by atoms with Gasteiger partial charge in [0.1, 0.15) is 9.84 Å². The molecule has 1 heterocycles. The van der Waals surface area contributed by atoms with Crippen molar-refractivity contribution in [3.63, 3.8) is 0 Å². The third kappa shape index (κ3) is 2.75. The van der Waals surface area contributed by atoms with Gasteiger partial charge in [-0.3, -0.25) is 0 Å². The lowest BCUT2D eigenvalue weighted by Gasteiger charge is -2.22. The SMILES string of the molecule is Cc1ccc(S(=O)(=O)C2CCS(=O)(=O)CC2)cc1. The fourth-order valence-corrected chi connectivity index (χ4v) is 5.65. The summed E-state index contributed by atoms with van der Waals surface area (Å²) in [6.45, 7) is 1.89. The van der Waals surface area contributed by atoms with Crippen molar-refractivity contribution in [2.45, 2.75) is 29.9 Å². The summed E-state index contributed by atoms with van der Waals surface area (Å²) in [5, 5.41) is -0.566. The molecule has 0 aromatic heterocycles. The Balaban J connectivity index is 2.25. The summed E-state index contributed by atoms with van der Waals surface area (Å²) in [6.07, 6.45) is 0.414. The van der Waals surface area contributed by atoms with Gasteiger partial charge in [-0.05, 0) is 31.9 Å². The maximum absolute atomic E-state index is 12.3. The van der Waals surface area contributed by atoms with Crippen molar-refractivity contribution in [3.8, 4) is 0 Å². The van der Waals surface area contributed by atoms with E-state index in [2.05, 4.69) is 0 Å². The molecule has 0 unspecified atom stereocenters. The second-order valence-electron chi connectivity index (χ2n) is 4.71. The molecule has 0 spiro atoms. The Morgan fingerprint density at radius 3 is 2.06 bits per heavy atom. The van der Waals surface area contributed by atoms with Crippen molar-refractivity contribution in [1.29, 1.82) is 0 Å². The van der Waals surface area contributed by atoms with Crippen LogP contribution in [-0.4, -0.2) is 33.6 Å². The summed E-state index contributed by atoms with van der Waals surface area (Å²) in [6, 6.07) is 6.69. The minimum Gasteiger partial charge on any atom is -0.229 e. The highest BCUT2D eigenvalue weighted by atomic mass is 32.2. The topological polar surface area (TPSA) is 68.3 Å². The van der Waals surface area contributed by atoms with Crippen LogP contribution >= 0.6 is 0 Å². The van der Waals surface area contributed by atoms with Gasteiger partial charge in [0.25, 0.3) is 0 Å². The van der Waals surface area contributed by atoms with Gasteiger partial charge in [0.15, 0.2) is 9.84 Å². The first kappa shape index (κ1) is 13.5. The van der Waals surface area contributed by atoms with E-state index in [0.717, 1.165) is 5.56 Å². The van der Waals surface area contributed by atoms with Crippen molar-refractivity contribution in [2.75, 3.05) is 11.5 Å². The molecule has 2 rings (SSSR count). The fraction of sp³-hybridized carbons (Fsp3) is 0.500. The van der Waals surface area contributed by atoms with Gasteiger partial charge in [-0.25, -0.2) is 16.8 Å². The molecule has 0 N–H and O–H groups in total. The van der Waals surface area contributed by atoms with Gasteiger partial charge in [-0.15, -0.1) is 0 Å². The zero-order valence-corrected chi connectivity index (χ0v) is 11.8. The summed E-state index contributed by atoms with van der Waals surface area (Å²) in [5.74, 6) is -0.0501. The molecular formula is C12H16O4S2. The Morgan fingerprint density at radius 2 is 1.56 bits per heavy atom. The second-order valence-corrected chi connectivity index (χ2v) is 9.24. The molecule has 1 saturated heterocycles. The molecule has 4 nitrogen and oxygen atoms in total. The van der Waals surface area contributed by atoms with Crippen LogP contribution in [0.3, 0.4) is 0 Å². The van der Waals surface area contributed by atoms with Gasteiger partial charge in [-0.2, -0.15) is 0 Å². The first-order valence-corrected chi connectivity index (χ1v) is 9.19. The number of sulfone groups is 2. The Morgan fingerprint density at radius 1 is 1.06 bits per heavy atom. The third-order valence-electron chi connectivity index (χ3n) is 3.29. The lowest BCUT2D eigenvalue weighted by Crippen LogP contribution is -2.32. The van der Waals surface area contributed by atoms with E-state index in [1.54, 1.807) is 24.3 Å². The van der Waals surface area contributed by atoms with Gasteiger partial charge in [0.05, 0.1) is 21.7 Å². The van der Waals surface area contributed by atoms with E-state index in [1.165, 1.54) is 0 Å². The largest absolute Gasteiger partial charge is 0.229 e. The summed E-state index contributed by atoms with van der Waals surface area (Å²) < 4.78 is 47.2. The molecule has 0 saturated carbocycles. The molecule has 18 heavy (non-hydrogen) atoms. The highest BCUT2D eigenvalue weighted by Crippen LogP contribution is 2.25. The first-order valence-electron chi connectivity index (χ1n) is 5.82. The van der Waals surface area contributed by atoms with Crippen LogP contribution in [-0.2, 0) is 19.7 Å². The number of rotatable bonds is 2. The van der Waals surface area contributed by atoms with E-state index in [1.807, 2.05) is 6.92 Å². The van der Waals surface area contributed by atoms with E-state index in [-0.39, 0.29) is 29.2 Å². The molecule has 6 heteroatoms. The van der Waals surface area contributed by atoms with Crippen LogP contribution in [0.5, 0.6) is 0 Å². The summed E-state index contributed by atoms with van der Waals surface area (Å²) in [5.41, 5.74) is 1.00. The molecule has 1 aromatic carbocycles. The van der Waals surface area contributed by atoms with Crippen molar-refractivity contribution in [1.82, 2.24) is 0 Å². The first-order chi connectivity index (χ1) is 8.31. The average molecular weight is 288 g/mol. The van der Waals surface area contributed by atoms with Crippen molar-refractivity contribution in [2.24, 2.45) is 0 Å². The van der Waals surface area contributed by atoms with E-state index >= 15 is 0 Å². The van der Waals surface area contributed by atoms with Gasteiger partial charge in [0, 0.05) is 0 Å². The normalized spacial score (nSPS) is 20.7. The van der Waals surface area contributed by atoms with Crippen molar-refractivity contribution >= 4 is 19.7 Å². The summed E-state index contributed by atoms with van der Waals surface area (Å²) in [7, 11) is -6.42. The maximum Gasteiger partial charge on any atom is 0.181 e. The molecule has 0 aliphatic carbocycles. The fourth-order valence-electron chi connectivity index (χ4n) is 2.10. The smallest absolute Gasteiger partial charge is 0.181 e. The lowest BCUT2D eigenvalue weighted by molar-refractivity contribution is 0.552. The molecule has 1 fully saturated rings. The molecule has 1 aliphatic heterocycles. The van der Waals surface area contributed by atoms with Crippen LogP contribution in [0.2, 0.25) is 0 Å². The van der Waals surface area contributed by atoms with E-state index in [0.29, 0.717) is 0 Å². The van der Waals surface area contributed by atoms with Crippen LogP contribution in [0.4, 0.5) is 0 Å². The van der Waals surface area contributed by atoms with Crippen LogP contribution in [0.15, 0.2) is 29.2 Å². The third-order valence-corrected chi connectivity index (χ3v) is 7.28. The monoisotopic (exact) mass is 288 g/mol. The molecule has 0 bridgehead atoms. The van der Waals surface area contributed by atoms with Gasteiger partial charge in [0.2, 0.25) is 0 Å².